The molecule has 0 aromatic carbocycles. The van der Waals surface area contributed by atoms with Gasteiger partial charge < -0.3 is 4.74 Å². The minimum absolute atomic E-state index is 0.212. The van der Waals surface area contributed by atoms with Gasteiger partial charge in [-0.2, -0.15) is 0 Å². The smallest absolute Gasteiger partial charge is 0.162 e. The fourth-order valence-electron chi connectivity index (χ4n) is 1.74. The van der Waals surface area contributed by atoms with Crippen molar-refractivity contribution >= 4 is 5.78 Å². The number of allylic oxidation sites excluding steroid dienone is 2. The Morgan fingerprint density at radius 2 is 2.31 bits per heavy atom. The molecule has 0 aromatic heterocycles. The Morgan fingerprint density at radius 1 is 1.62 bits per heavy atom. The number of hydrogen-bond donors (Lipinski definition) is 0. The maximum absolute atomic E-state index is 11.6. The van der Waals surface area contributed by atoms with E-state index in [4.69, 9.17) is 4.74 Å². The zero-order valence-corrected chi connectivity index (χ0v) is 8.67. The number of carbonyl (C=O) groups excluding carboxylic acids is 1. The monoisotopic (exact) mass is 182 g/mol. The highest BCUT2D eigenvalue weighted by Gasteiger charge is 2.25. The van der Waals surface area contributed by atoms with Gasteiger partial charge in [-0.3, -0.25) is 4.79 Å². The number of ketones is 1. The van der Waals surface area contributed by atoms with E-state index in [1.54, 1.807) is 6.08 Å². The van der Waals surface area contributed by atoms with E-state index in [9.17, 15) is 4.79 Å². The van der Waals surface area contributed by atoms with Crippen molar-refractivity contribution in [1.82, 2.24) is 0 Å². The van der Waals surface area contributed by atoms with Gasteiger partial charge in [0.1, 0.15) is 0 Å². The molecule has 74 valence electrons. The molecular formula is C11H18O2. The van der Waals surface area contributed by atoms with Crippen LogP contribution in [0.3, 0.4) is 0 Å². The van der Waals surface area contributed by atoms with Crippen molar-refractivity contribution in [3.8, 4) is 0 Å². The van der Waals surface area contributed by atoms with E-state index in [0.717, 1.165) is 18.6 Å². The zero-order chi connectivity index (χ0) is 9.84. The Balaban J connectivity index is 2.61. The van der Waals surface area contributed by atoms with Crippen molar-refractivity contribution in [1.29, 1.82) is 0 Å². The molecule has 1 rings (SSSR count). The lowest BCUT2D eigenvalue weighted by Crippen LogP contribution is -2.23. The van der Waals surface area contributed by atoms with E-state index < -0.39 is 0 Å². The summed E-state index contributed by atoms with van der Waals surface area (Å²) in [6.07, 6.45) is 3.54. The molecule has 0 saturated heterocycles. The van der Waals surface area contributed by atoms with E-state index in [1.165, 1.54) is 0 Å². The van der Waals surface area contributed by atoms with Gasteiger partial charge in [0.2, 0.25) is 0 Å². The Bertz CT molecular complexity index is 216. The van der Waals surface area contributed by atoms with Crippen LogP contribution >= 0.6 is 0 Å². The lowest BCUT2D eigenvalue weighted by molar-refractivity contribution is -0.120. The van der Waals surface area contributed by atoms with Gasteiger partial charge in [-0.1, -0.05) is 13.8 Å². The van der Waals surface area contributed by atoms with Gasteiger partial charge in [0.15, 0.2) is 5.78 Å². The number of hydrogen-bond acceptors (Lipinski definition) is 2. The van der Waals surface area contributed by atoms with E-state index in [2.05, 4.69) is 13.8 Å². The van der Waals surface area contributed by atoms with Gasteiger partial charge in [0.05, 0.1) is 12.4 Å². The summed E-state index contributed by atoms with van der Waals surface area (Å²) in [4.78, 5) is 11.6. The summed E-state index contributed by atoms with van der Waals surface area (Å²) in [7, 11) is 0. The Labute approximate surface area is 80.0 Å². The predicted molar refractivity (Wildman–Crippen MR) is 52.3 cm³/mol. The zero-order valence-electron chi connectivity index (χ0n) is 8.67. The second kappa shape index (κ2) is 4.45. The summed E-state index contributed by atoms with van der Waals surface area (Å²) < 4.78 is 5.32. The molecule has 0 spiro atoms. The first-order chi connectivity index (χ1) is 6.15. The Kier molecular flexibility index (Phi) is 3.52. The third kappa shape index (κ3) is 2.58. The van der Waals surface area contributed by atoms with E-state index in [-0.39, 0.29) is 11.7 Å². The molecule has 0 radical (unpaired) electrons. The molecule has 0 aliphatic heterocycles. The molecule has 1 aliphatic rings. The summed E-state index contributed by atoms with van der Waals surface area (Å²) in [5.41, 5.74) is 0. The molecule has 2 heteroatoms. The van der Waals surface area contributed by atoms with Crippen molar-refractivity contribution in [2.45, 2.75) is 33.6 Å². The molecule has 0 saturated carbocycles. The van der Waals surface area contributed by atoms with Crippen LogP contribution in [0, 0.1) is 11.8 Å². The Morgan fingerprint density at radius 3 is 2.77 bits per heavy atom. The maximum atomic E-state index is 11.6. The van der Waals surface area contributed by atoms with E-state index in [0.29, 0.717) is 12.5 Å². The summed E-state index contributed by atoms with van der Waals surface area (Å²) in [6.45, 7) is 6.80. The average Bonchev–Trinajstić information content (AvgIpc) is 2.04. The topological polar surface area (TPSA) is 26.3 Å². The first kappa shape index (κ1) is 10.3. The van der Waals surface area contributed by atoms with E-state index >= 15 is 0 Å². The second-order valence-corrected chi connectivity index (χ2v) is 3.84. The third-order valence-electron chi connectivity index (χ3n) is 2.50. The molecule has 13 heavy (non-hydrogen) atoms. The van der Waals surface area contributed by atoms with Crippen molar-refractivity contribution in [3.63, 3.8) is 0 Å². The molecule has 0 unspecified atom stereocenters. The van der Waals surface area contributed by atoms with Gasteiger partial charge >= 0.3 is 0 Å². The maximum Gasteiger partial charge on any atom is 0.162 e. The minimum Gasteiger partial charge on any atom is -0.498 e. The highest BCUT2D eigenvalue weighted by molar-refractivity contribution is 5.93. The van der Waals surface area contributed by atoms with Crippen molar-refractivity contribution < 1.29 is 9.53 Å². The van der Waals surface area contributed by atoms with Gasteiger partial charge in [-0.15, -0.1) is 0 Å². The molecule has 0 N–H and O–H groups in total. The lowest BCUT2D eigenvalue weighted by atomic mass is 9.83. The van der Waals surface area contributed by atoms with Crippen LogP contribution in [0.4, 0.5) is 0 Å². The number of rotatable bonds is 3. The molecule has 1 aliphatic carbocycles. The van der Waals surface area contributed by atoms with Crippen molar-refractivity contribution in [2.24, 2.45) is 11.8 Å². The SMILES string of the molecule is CCOC1=CC(=O)[C@@H](C(C)C)CC1. The minimum atomic E-state index is 0.212. The molecule has 0 heterocycles. The molecule has 0 aromatic rings. The molecule has 0 bridgehead atoms. The molecule has 0 fully saturated rings. The lowest BCUT2D eigenvalue weighted by Gasteiger charge is -2.23. The molecule has 0 amide bonds. The van der Waals surface area contributed by atoms with Crippen molar-refractivity contribution in [3.05, 3.63) is 11.8 Å². The third-order valence-corrected chi connectivity index (χ3v) is 2.50. The predicted octanol–water partition coefficient (Wildman–Crippen LogP) is 2.54. The number of ether oxygens (including phenoxy) is 1. The van der Waals surface area contributed by atoms with Gasteiger partial charge in [0, 0.05) is 18.4 Å². The van der Waals surface area contributed by atoms with Crippen LogP contribution in [0.15, 0.2) is 11.8 Å². The molecule has 1 atom stereocenters. The summed E-state index contributed by atoms with van der Waals surface area (Å²) in [5, 5.41) is 0. The largest absolute Gasteiger partial charge is 0.498 e. The normalized spacial score (nSPS) is 23.2. The van der Waals surface area contributed by atoms with Crippen LogP contribution < -0.4 is 0 Å². The standard InChI is InChI=1S/C11H18O2/c1-4-13-9-5-6-10(8(2)3)11(12)7-9/h7-8,10H,4-6H2,1-3H3/t10-/m1/s1. The Hall–Kier alpha value is -0.790. The average molecular weight is 182 g/mol. The highest BCUT2D eigenvalue weighted by atomic mass is 16.5. The summed E-state index contributed by atoms with van der Waals surface area (Å²) in [5.74, 6) is 1.77. The number of carbonyl (C=O) groups is 1. The fourth-order valence-corrected chi connectivity index (χ4v) is 1.74. The summed E-state index contributed by atoms with van der Waals surface area (Å²) >= 11 is 0. The van der Waals surface area contributed by atoms with Crippen LogP contribution in [0.5, 0.6) is 0 Å². The van der Waals surface area contributed by atoms with Crippen molar-refractivity contribution in [2.75, 3.05) is 6.61 Å². The van der Waals surface area contributed by atoms with Gasteiger partial charge in [-0.05, 0) is 19.3 Å². The van der Waals surface area contributed by atoms with Crippen LogP contribution in [0.2, 0.25) is 0 Å². The van der Waals surface area contributed by atoms with Crippen LogP contribution in [0.25, 0.3) is 0 Å². The first-order valence-electron chi connectivity index (χ1n) is 5.02. The van der Waals surface area contributed by atoms with Gasteiger partial charge in [-0.25, -0.2) is 0 Å². The quantitative estimate of drug-likeness (QED) is 0.670. The van der Waals surface area contributed by atoms with Crippen LogP contribution in [-0.4, -0.2) is 12.4 Å². The summed E-state index contributed by atoms with van der Waals surface area (Å²) in [6, 6.07) is 0. The highest BCUT2D eigenvalue weighted by Crippen LogP contribution is 2.26. The van der Waals surface area contributed by atoms with Crippen LogP contribution in [-0.2, 0) is 9.53 Å². The fraction of sp³-hybridized carbons (Fsp3) is 0.727. The molecule has 2 nitrogen and oxygen atoms in total. The molecular weight excluding hydrogens is 164 g/mol. The van der Waals surface area contributed by atoms with Crippen LogP contribution in [0.1, 0.15) is 33.6 Å². The second-order valence-electron chi connectivity index (χ2n) is 3.84. The first-order valence-corrected chi connectivity index (χ1v) is 5.02. The van der Waals surface area contributed by atoms with Gasteiger partial charge in [0.25, 0.3) is 0 Å². The van der Waals surface area contributed by atoms with E-state index in [1.807, 2.05) is 6.92 Å².